The van der Waals surface area contributed by atoms with Gasteiger partial charge < -0.3 is 20.4 Å². The van der Waals surface area contributed by atoms with Gasteiger partial charge in [0.25, 0.3) is 0 Å². The smallest absolute Gasteiger partial charge is 0.232 e. The summed E-state index contributed by atoms with van der Waals surface area (Å²) in [4.78, 5) is 39.6. The van der Waals surface area contributed by atoms with E-state index in [2.05, 4.69) is 44.2 Å². The number of nitrogens with zero attached hydrogens (tertiary/aromatic N) is 4. The molecule has 0 spiro atoms. The summed E-state index contributed by atoms with van der Waals surface area (Å²) in [6, 6.07) is 8.25. The second kappa shape index (κ2) is 8.75. The molecule has 1 saturated carbocycles. The van der Waals surface area contributed by atoms with E-state index in [4.69, 9.17) is 11.6 Å². The first-order valence-electron chi connectivity index (χ1n) is 12.6. The first-order chi connectivity index (χ1) is 16.9. The third-order valence-corrected chi connectivity index (χ3v) is 8.19. The van der Waals surface area contributed by atoms with Crippen LogP contribution in [0.5, 0.6) is 0 Å². The lowest BCUT2D eigenvalue weighted by Crippen LogP contribution is -2.58. The van der Waals surface area contributed by atoms with Crippen LogP contribution < -0.4 is 15.5 Å². The van der Waals surface area contributed by atoms with Gasteiger partial charge in [0.1, 0.15) is 18.0 Å². The van der Waals surface area contributed by atoms with E-state index in [1.165, 1.54) is 0 Å². The molecule has 4 aliphatic rings. The molecule has 8 nitrogen and oxygen atoms in total. The molecule has 184 valence electrons. The minimum absolute atomic E-state index is 0.0560. The van der Waals surface area contributed by atoms with E-state index in [0.717, 1.165) is 49.3 Å². The third-order valence-electron chi connectivity index (χ3n) is 7.94. The Labute approximate surface area is 210 Å². The Morgan fingerprint density at radius 3 is 2.54 bits per heavy atom. The first kappa shape index (κ1) is 22.7. The van der Waals surface area contributed by atoms with E-state index < -0.39 is 0 Å². The Morgan fingerprint density at radius 1 is 1.14 bits per heavy atom. The number of aromatic nitrogens is 2. The standard InChI is InChI=1S/C26H31ClN6O2/c1-14(2)28-10-21(15-3-5-16(27)6-4-15)26(35)33-17-7-8-18(33)12-32(11-17)24-22-19-9-20(19)25(34)31-23(22)29-13-30-24/h3-6,13-14,17-21,28H,7-12H2,1-2H3,(H,29,30,31,34)/t17?,18?,19?,20?,21-/m1/s1. The van der Waals surface area contributed by atoms with Crippen LogP contribution in [0, 0.1) is 5.92 Å². The van der Waals surface area contributed by atoms with Gasteiger partial charge in [-0.2, -0.15) is 0 Å². The van der Waals surface area contributed by atoms with Crippen LogP contribution in [0.1, 0.15) is 56.1 Å². The Hall–Kier alpha value is -2.71. The molecule has 2 saturated heterocycles. The zero-order valence-corrected chi connectivity index (χ0v) is 20.8. The number of carbonyl (C=O) groups is 2. The van der Waals surface area contributed by atoms with Gasteiger partial charge in [-0.15, -0.1) is 0 Å². The van der Waals surface area contributed by atoms with Crippen LogP contribution in [0.3, 0.4) is 0 Å². The summed E-state index contributed by atoms with van der Waals surface area (Å²) in [6.45, 7) is 6.30. The average Bonchev–Trinajstić information content (AvgIpc) is 3.60. The number of amides is 2. The van der Waals surface area contributed by atoms with Crippen molar-refractivity contribution >= 4 is 35.1 Å². The molecular formula is C26H31ClN6O2. The van der Waals surface area contributed by atoms with Crippen molar-refractivity contribution in [2.45, 2.75) is 63.1 Å². The molecule has 9 heteroatoms. The van der Waals surface area contributed by atoms with Gasteiger partial charge in [0, 0.05) is 60.2 Å². The number of carbonyl (C=O) groups excluding carboxylic acids is 2. The predicted octanol–water partition coefficient (Wildman–Crippen LogP) is 3.15. The van der Waals surface area contributed by atoms with E-state index in [1.54, 1.807) is 6.33 Å². The quantitative estimate of drug-likeness (QED) is 0.641. The highest BCUT2D eigenvalue weighted by Crippen LogP contribution is 2.55. The summed E-state index contributed by atoms with van der Waals surface area (Å²) in [5.74, 6) is 1.88. The molecule has 6 rings (SSSR count). The Balaban J connectivity index is 1.24. The molecule has 2 bridgehead atoms. The van der Waals surface area contributed by atoms with E-state index in [-0.39, 0.29) is 41.7 Å². The molecule has 5 atom stereocenters. The maximum atomic E-state index is 14.0. The fourth-order valence-corrected chi connectivity index (χ4v) is 6.23. The Kier molecular flexibility index (Phi) is 5.68. The van der Waals surface area contributed by atoms with Crippen LogP contribution in [0.25, 0.3) is 0 Å². The molecule has 4 heterocycles. The summed E-state index contributed by atoms with van der Waals surface area (Å²) >= 11 is 6.12. The Bertz CT molecular complexity index is 1140. The maximum absolute atomic E-state index is 14.0. The van der Waals surface area contributed by atoms with Crippen LogP contribution in [0.4, 0.5) is 11.6 Å². The molecule has 4 unspecified atom stereocenters. The molecule has 2 amide bonds. The van der Waals surface area contributed by atoms with Gasteiger partial charge in [-0.1, -0.05) is 37.6 Å². The monoisotopic (exact) mass is 494 g/mol. The Morgan fingerprint density at radius 2 is 1.86 bits per heavy atom. The molecule has 0 radical (unpaired) electrons. The molecular weight excluding hydrogens is 464 g/mol. The van der Waals surface area contributed by atoms with Gasteiger partial charge in [-0.05, 0) is 37.0 Å². The van der Waals surface area contributed by atoms with Crippen LogP contribution >= 0.6 is 11.6 Å². The van der Waals surface area contributed by atoms with Crippen LogP contribution in [0.15, 0.2) is 30.6 Å². The largest absolute Gasteiger partial charge is 0.352 e. The van der Waals surface area contributed by atoms with Crippen molar-refractivity contribution in [2.75, 3.05) is 29.9 Å². The number of halogens is 1. The predicted molar refractivity (Wildman–Crippen MR) is 135 cm³/mol. The summed E-state index contributed by atoms with van der Waals surface area (Å²) < 4.78 is 0. The zero-order valence-electron chi connectivity index (χ0n) is 20.1. The van der Waals surface area contributed by atoms with Crippen molar-refractivity contribution in [1.29, 1.82) is 0 Å². The summed E-state index contributed by atoms with van der Waals surface area (Å²) in [5, 5.41) is 7.10. The van der Waals surface area contributed by atoms with Crippen molar-refractivity contribution < 1.29 is 9.59 Å². The molecule has 1 aliphatic carbocycles. The van der Waals surface area contributed by atoms with Crippen LogP contribution in [-0.4, -0.2) is 64.4 Å². The number of fused-ring (bicyclic) bond motifs is 5. The van der Waals surface area contributed by atoms with Gasteiger partial charge in [-0.25, -0.2) is 9.97 Å². The zero-order chi connectivity index (χ0) is 24.3. The second-order valence-corrected chi connectivity index (χ2v) is 11.0. The number of hydrogen-bond donors (Lipinski definition) is 2. The lowest BCUT2D eigenvalue weighted by Gasteiger charge is -2.43. The first-order valence-corrected chi connectivity index (χ1v) is 13.0. The lowest BCUT2D eigenvalue weighted by molar-refractivity contribution is -0.136. The lowest BCUT2D eigenvalue weighted by atomic mass is 9.95. The van der Waals surface area contributed by atoms with Gasteiger partial charge in [0.2, 0.25) is 11.8 Å². The van der Waals surface area contributed by atoms with Crippen molar-refractivity contribution in [1.82, 2.24) is 20.2 Å². The normalized spacial score (nSPS) is 27.4. The van der Waals surface area contributed by atoms with Crippen molar-refractivity contribution in [3.8, 4) is 0 Å². The van der Waals surface area contributed by atoms with Crippen molar-refractivity contribution in [3.05, 3.63) is 46.7 Å². The average molecular weight is 495 g/mol. The molecule has 1 aromatic carbocycles. The maximum Gasteiger partial charge on any atom is 0.232 e. The second-order valence-electron chi connectivity index (χ2n) is 10.6. The number of hydrogen-bond acceptors (Lipinski definition) is 6. The van der Waals surface area contributed by atoms with E-state index in [0.29, 0.717) is 23.4 Å². The number of benzene rings is 1. The summed E-state index contributed by atoms with van der Waals surface area (Å²) in [6.07, 6.45) is 4.41. The van der Waals surface area contributed by atoms with E-state index in [1.807, 2.05) is 24.3 Å². The van der Waals surface area contributed by atoms with Gasteiger partial charge in [-0.3, -0.25) is 9.59 Å². The highest BCUT2D eigenvalue weighted by Gasteiger charge is 2.52. The fourth-order valence-electron chi connectivity index (χ4n) is 6.10. The molecule has 2 N–H and O–H groups in total. The number of piperazine rings is 1. The third kappa shape index (κ3) is 4.06. The van der Waals surface area contributed by atoms with Crippen LogP contribution in [-0.2, 0) is 9.59 Å². The molecule has 1 aromatic heterocycles. The summed E-state index contributed by atoms with van der Waals surface area (Å²) in [5.41, 5.74) is 2.08. The molecule has 2 aromatic rings. The highest BCUT2D eigenvalue weighted by atomic mass is 35.5. The van der Waals surface area contributed by atoms with Gasteiger partial charge >= 0.3 is 0 Å². The van der Waals surface area contributed by atoms with E-state index in [9.17, 15) is 9.59 Å². The molecule has 3 fully saturated rings. The fraction of sp³-hybridized carbons (Fsp3) is 0.538. The minimum Gasteiger partial charge on any atom is -0.352 e. The van der Waals surface area contributed by atoms with Crippen molar-refractivity contribution in [3.63, 3.8) is 0 Å². The van der Waals surface area contributed by atoms with Gasteiger partial charge in [0.15, 0.2) is 0 Å². The molecule has 35 heavy (non-hydrogen) atoms. The summed E-state index contributed by atoms with van der Waals surface area (Å²) in [7, 11) is 0. The number of anilines is 2. The van der Waals surface area contributed by atoms with E-state index >= 15 is 0 Å². The SMILES string of the molecule is CC(C)NC[C@@H](C(=O)N1C2CCC1CN(c1ncnc3c1C1CC1C(=O)N3)C2)c1ccc(Cl)cc1. The minimum atomic E-state index is -0.251. The van der Waals surface area contributed by atoms with Crippen LogP contribution in [0.2, 0.25) is 5.02 Å². The topological polar surface area (TPSA) is 90.5 Å². The number of rotatable bonds is 6. The van der Waals surface area contributed by atoms with Gasteiger partial charge in [0.05, 0.1) is 5.92 Å². The highest BCUT2D eigenvalue weighted by molar-refractivity contribution is 6.30. The van der Waals surface area contributed by atoms with Crippen molar-refractivity contribution in [2.24, 2.45) is 5.92 Å². The molecule has 3 aliphatic heterocycles. The number of nitrogens with one attached hydrogen (secondary N) is 2.